The zero-order valence-electron chi connectivity index (χ0n) is 11.5. The number of hydrogen-bond acceptors (Lipinski definition) is 4. The molecule has 0 bridgehead atoms. The molecule has 1 aliphatic rings. The van der Waals surface area contributed by atoms with Gasteiger partial charge in [-0.3, -0.25) is 9.69 Å². The van der Waals surface area contributed by atoms with Crippen LogP contribution < -0.4 is 0 Å². The van der Waals surface area contributed by atoms with Crippen LogP contribution in [0.25, 0.3) is 0 Å². The van der Waals surface area contributed by atoms with Crippen molar-refractivity contribution in [2.75, 3.05) is 39.8 Å². The van der Waals surface area contributed by atoms with E-state index < -0.39 is 0 Å². The maximum absolute atomic E-state index is 11.1. The lowest BCUT2D eigenvalue weighted by Gasteiger charge is -2.34. The number of methoxy groups -OCH3 is 1. The SMILES string of the molecule is COC(=O)CCN1CCN(Cc2ccccc2)CC1. The van der Waals surface area contributed by atoms with E-state index >= 15 is 0 Å². The van der Waals surface area contributed by atoms with Crippen LogP contribution in [0.3, 0.4) is 0 Å². The van der Waals surface area contributed by atoms with Crippen molar-refractivity contribution in [2.45, 2.75) is 13.0 Å². The van der Waals surface area contributed by atoms with Gasteiger partial charge < -0.3 is 9.64 Å². The fourth-order valence-electron chi connectivity index (χ4n) is 2.36. The number of nitrogens with zero attached hydrogens (tertiary/aromatic N) is 2. The second-order valence-electron chi connectivity index (χ2n) is 4.93. The molecule has 19 heavy (non-hydrogen) atoms. The van der Waals surface area contributed by atoms with Crippen LogP contribution in [0.5, 0.6) is 0 Å². The quantitative estimate of drug-likeness (QED) is 0.750. The Morgan fingerprint density at radius 3 is 2.37 bits per heavy atom. The van der Waals surface area contributed by atoms with Gasteiger partial charge in [-0.1, -0.05) is 30.3 Å². The summed E-state index contributed by atoms with van der Waals surface area (Å²) >= 11 is 0. The second-order valence-corrected chi connectivity index (χ2v) is 4.93. The van der Waals surface area contributed by atoms with Crippen molar-refractivity contribution in [2.24, 2.45) is 0 Å². The van der Waals surface area contributed by atoms with Gasteiger partial charge in [0.05, 0.1) is 13.5 Å². The highest BCUT2D eigenvalue weighted by Crippen LogP contribution is 2.08. The number of ether oxygens (including phenoxy) is 1. The highest BCUT2D eigenvalue weighted by Gasteiger charge is 2.17. The molecule has 1 aromatic carbocycles. The zero-order valence-corrected chi connectivity index (χ0v) is 11.5. The third-order valence-corrected chi connectivity index (χ3v) is 3.57. The summed E-state index contributed by atoms with van der Waals surface area (Å²) in [4.78, 5) is 15.9. The van der Waals surface area contributed by atoms with E-state index in [2.05, 4.69) is 38.8 Å². The molecule has 0 radical (unpaired) electrons. The Bertz CT molecular complexity index is 386. The van der Waals surface area contributed by atoms with E-state index in [1.165, 1.54) is 12.7 Å². The molecule has 0 aromatic heterocycles. The van der Waals surface area contributed by atoms with Crippen LogP contribution in [-0.4, -0.2) is 55.6 Å². The van der Waals surface area contributed by atoms with Gasteiger partial charge in [-0.15, -0.1) is 0 Å². The third kappa shape index (κ3) is 4.65. The van der Waals surface area contributed by atoms with Gasteiger partial charge in [0, 0.05) is 39.3 Å². The molecule has 0 aliphatic carbocycles. The number of rotatable bonds is 5. The topological polar surface area (TPSA) is 32.8 Å². The number of benzene rings is 1. The van der Waals surface area contributed by atoms with Crippen molar-refractivity contribution < 1.29 is 9.53 Å². The first kappa shape index (κ1) is 14.0. The molecule has 1 saturated heterocycles. The Labute approximate surface area is 115 Å². The van der Waals surface area contributed by atoms with Crippen molar-refractivity contribution in [3.8, 4) is 0 Å². The molecule has 1 fully saturated rings. The number of hydrogen-bond donors (Lipinski definition) is 0. The van der Waals surface area contributed by atoms with Gasteiger partial charge in [0.15, 0.2) is 0 Å². The summed E-state index contributed by atoms with van der Waals surface area (Å²) in [6, 6.07) is 10.6. The summed E-state index contributed by atoms with van der Waals surface area (Å²) in [5.41, 5.74) is 1.37. The molecule has 0 spiro atoms. The highest BCUT2D eigenvalue weighted by molar-refractivity contribution is 5.69. The lowest BCUT2D eigenvalue weighted by molar-refractivity contribution is -0.141. The summed E-state index contributed by atoms with van der Waals surface area (Å²) in [6.07, 6.45) is 0.495. The molecule has 1 heterocycles. The molecular formula is C15H22N2O2. The Hall–Kier alpha value is -1.39. The number of esters is 1. The maximum Gasteiger partial charge on any atom is 0.306 e. The molecule has 0 N–H and O–H groups in total. The second kappa shape index (κ2) is 7.26. The summed E-state index contributed by atoms with van der Waals surface area (Å²) < 4.78 is 4.67. The first-order valence-corrected chi connectivity index (χ1v) is 6.83. The number of piperazine rings is 1. The molecule has 104 valence electrons. The van der Waals surface area contributed by atoms with Gasteiger partial charge in [0.1, 0.15) is 0 Å². The molecule has 0 saturated carbocycles. The molecule has 0 atom stereocenters. The van der Waals surface area contributed by atoms with Crippen LogP contribution in [0.15, 0.2) is 30.3 Å². The van der Waals surface area contributed by atoms with Gasteiger partial charge >= 0.3 is 5.97 Å². The fourth-order valence-corrected chi connectivity index (χ4v) is 2.36. The molecule has 2 rings (SSSR count). The monoisotopic (exact) mass is 262 g/mol. The molecule has 1 aliphatic heterocycles. The fraction of sp³-hybridized carbons (Fsp3) is 0.533. The summed E-state index contributed by atoms with van der Waals surface area (Å²) in [7, 11) is 1.44. The molecule has 0 unspecified atom stereocenters. The lowest BCUT2D eigenvalue weighted by Crippen LogP contribution is -2.46. The van der Waals surface area contributed by atoms with Crippen molar-refractivity contribution in [1.29, 1.82) is 0 Å². The predicted molar refractivity (Wildman–Crippen MR) is 74.8 cm³/mol. The minimum Gasteiger partial charge on any atom is -0.469 e. The van der Waals surface area contributed by atoms with Gasteiger partial charge in [-0.05, 0) is 5.56 Å². The van der Waals surface area contributed by atoms with Crippen LogP contribution in [-0.2, 0) is 16.1 Å². The predicted octanol–water partition coefficient (Wildman–Crippen LogP) is 1.37. The Morgan fingerprint density at radius 1 is 1.11 bits per heavy atom. The van der Waals surface area contributed by atoms with Crippen molar-refractivity contribution in [3.63, 3.8) is 0 Å². The van der Waals surface area contributed by atoms with E-state index in [1.807, 2.05) is 6.07 Å². The van der Waals surface area contributed by atoms with Crippen LogP contribution >= 0.6 is 0 Å². The van der Waals surface area contributed by atoms with Crippen molar-refractivity contribution in [3.05, 3.63) is 35.9 Å². The lowest BCUT2D eigenvalue weighted by atomic mass is 10.2. The number of carbonyl (C=O) groups excluding carboxylic acids is 1. The standard InChI is InChI=1S/C15H22N2O2/c1-19-15(18)7-8-16-9-11-17(12-10-16)13-14-5-3-2-4-6-14/h2-6H,7-13H2,1H3. The van der Waals surface area contributed by atoms with Crippen LogP contribution in [0.2, 0.25) is 0 Å². The zero-order chi connectivity index (χ0) is 13.5. The Morgan fingerprint density at radius 2 is 1.74 bits per heavy atom. The normalized spacial score (nSPS) is 17.3. The average Bonchev–Trinajstić information content (AvgIpc) is 2.47. The highest BCUT2D eigenvalue weighted by atomic mass is 16.5. The van der Waals surface area contributed by atoms with E-state index in [9.17, 15) is 4.79 Å². The third-order valence-electron chi connectivity index (χ3n) is 3.57. The first-order valence-electron chi connectivity index (χ1n) is 6.83. The van der Waals surface area contributed by atoms with E-state index in [4.69, 9.17) is 0 Å². The van der Waals surface area contributed by atoms with Gasteiger partial charge in [0.25, 0.3) is 0 Å². The van der Waals surface area contributed by atoms with Crippen LogP contribution in [0, 0.1) is 0 Å². The molecule has 1 aromatic rings. The molecule has 0 amide bonds. The molecule has 4 heteroatoms. The smallest absolute Gasteiger partial charge is 0.306 e. The minimum absolute atomic E-state index is 0.119. The minimum atomic E-state index is -0.119. The average molecular weight is 262 g/mol. The Kier molecular flexibility index (Phi) is 5.36. The maximum atomic E-state index is 11.1. The van der Waals surface area contributed by atoms with Crippen molar-refractivity contribution >= 4 is 5.97 Å². The summed E-state index contributed by atoms with van der Waals surface area (Å²) in [6.45, 7) is 6.03. The van der Waals surface area contributed by atoms with Crippen LogP contribution in [0.1, 0.15) is 12.0 Å². The van der Waals surface area contributed by atoms with E-state index in [1.54, 1.807) is 0 Å². The van der Waals surface area contributed by atoms with Crippen LogP contribution in [0.4, 0.5) is 0 Å². The van der Waals surface area contributed by atoms with Gasteiger partial charge in [0.2, 0.25) is 0 Å². The molecule has 4 nitrogen and oxygen atoms in total. The van der Waals surface area contributed by atoms with Crippen molar-refractivity contribution in [1.82, 2.24) is 9.80 Å². The van der Waals surface area contributed by atoms with E-state index in [0.29, 0.717) is 6.42 Å². The summed E-state index contributed by atoms with van der Waals surface area (Å²) in [5, 5.41) is 0. The first-order chi connectivity index (χ1) is 9.28. The summed E-state index contributed by atoms with van der Waals surface area (Å²) in [5.74, 6) is -0.119. The van der Waals surface area contributed by atoms with Gasteiger partial charge in [-0.2, -0.15) is 0 Å². The largest absolute Gasteiger partial charge is 0.469 e. The van der Waals surface area contributed by atoms with E-state index in [-0.39, 0.29) is 5.97 Å². The molecular weight excluding hydrogens is 240 g/mol. The Balaban J connectivity index is 1.69. The number of carbonyl (C=O) groups is 1. The van der Waals surface area contributed by atoms with E-state index in [0.717, 1.165) is 39.3 Å². The van der Waals surface area contributed by atoms with Gasteiger partial charge in [-0.25, -0.2) is 0 Å².